The molecule has 2 aliphatic rings. The molecule has 0 heterocycles. The molecule has 2 rings (SSSR count). The van der Waals surface area contributed by atoms with Crippen molar-refractivity contribution in [3.63, 3.8) is 0 Å². The van der Waals surface area contributed by atoms with Gasteiger partial charge in [0.2, 0.25) is 5.91 Å². The summed E-state index contributed by atoms with van der Waals surface area (Å²) in [6.45, 7) is 10.6. The summed E-state index contributed by atoms with van der Waals surface area (Å²) >= 11 is 0. The van der Waals surface area contributed by atoms with E-state index in [0.717, 1.165) is 32.2 Å². The highest BCUT2D eigenvalue weighted by Gasteiger charge is 2.29. The van der Waals surface area contributed by atoms with Crippen LogP contribution in [0.25, 0.3) is 0 Å². The van der Waals surface area contributed by atoms with Crippen molar-refractivity contribution in [1.29, 1.82) is 0 Å². The zero-order chi connectivity index (χ0) is 22.1. The lowest BCUT2D eigenvalue weighted by Crippen LogP contribution is -2.42. The monoisotopic (exact) mass is 417 g/mol. The van der Waals surface area contributed by atoms with Gasteiger partial charge in [-0.15, -0.1) is 0 Å². The van der Waals surface area contributed by atoms with Gasteiger partial charge in [-0.1, -0.05) is 51.2 Å². The minimum absolute atomic E-state index is 0.00852. The summed E-state index contributed by atoms with van der Waals surface area (Å²) in [5.41, 5.74) is 6.79. The molecule has 0 saturated carbocycles. The highest BCUT2D eigenvalue weighted by atomic mass is 16.6. The second-order valence-corrected chi connectivity index (χ2v) is 9.26. The third-order valence-corrected chi connectivity index (χ3v) is 5.97. The van der Waals surface area contributed by atoms with Gasteiger partial charge in [0.1, 0.15) is 6.10 Å². The Morgan fingerprint density at radius 2 is 2.07 bits per heavy atom. The number of amides is 2. The van der Waals surface area contributed by atoms with Crippen LogP contribution in [0.15, 0.2) is 36.0 Å². The number of carbonyl (C=O) groups excluding carboxylic acids is 2. The molecule has 2 amide bonds. The van der Waals surface area contributed by atoms with Gasteiger partial charge in [-0.25, -0.2) is 4.79 Å². The Hall–Kier alpha value is -2.08. The number of carbonyl (C=O) groups is 2. The number of hydrogen-bond donors (Lipinski definition) is 2. The minimum Gasteiger partial charge on any atom is -0.446 e. The summed E-state index contributed by atoms with van der Waals surface area (Å²) in [7, 11) is 0. The summed E-state index contributed by atoms with van der Waals surface area (Å²) < 4.78 is 5.32. The number of nitrogens with one attached hydrogen (secondary N) is 1. The highest BCUT2D eigenvalue weighted by Crippen LogP contribution is 2.29. The molecule has 0 bridgehead atoms. The van der Waals surface area contributed by atoms with E-state index in [1.54, 1.807) is 0 Å². The van der Waals surface area contributed by atoms with Crippen molar-refractivity contribution in [2.45, 2.75) is 71.9 Å². The van der Waals surface area contributed by atoms with Crippen LogP contribution in [0, 0.1) is 11.3 Å². The van der Waals surface area contributed by atoms with E-state index in [9.17, 15) is 9.59 Å². The molecule has 3 N–H and O–H groups in total. The smallest absolute Gasteiger partial charge is 0.404 e. The number of rotatable bonds is 9. The number of nitrogens with zero attached hydrogens (tertiary/aromatic N) is 1. The van der Waals surface area contributed by atoms with Crippen molar-refractivity contribution >= 4 is 12.0 Å². The highest BCUT2D eigenvalue weighted by molar-refractivity contribution is 5.77. The number of hydrogen-bond acceptors (Lipinski definition) is 4. The molecule has 0 aromatic rings. The van der Waals surface area contributed by atoms with Gasteiger partial charge in [0.25, 0.3) is 0 Å². The molecule has 0 fully saturated rings. The SMILES string of the molecule is CCN(CCNC1C=CC(C(C)(C)C)=CC1)C(=O)CC(OC(N)=O)C1CC=CCC1. The van der Waals surface area contributed by atoms with Crippen molar-refractivity contribution in [3.8, 4) is 0 Å². The summed E-state index contributed by atoms with van der Waals surface area (Å²) in [5, 5.41) is 3.52. The van der Waals surface area contributed by atoms with Crippen LogP contribution in [0.4, 0.5) is 4.79 Å². The van der Waals surface area contributed by atoms with E-state index in [2.05, 4.69) is 56.5 Å². The lowest BCUT2D eigenvalue weighted by molar-refractivity contribution is -0.133. The second-order valence-electron chi connectivity index (χ2n) is 9.26. The van der Waals surface area contributed by atoms with Crippen LogP contribution in [-0.4, -0.2) is 48.7 Å². The summed E-state index contributed by atoms with van der Waals surface area (Å²) in [5.74, 6) is 0.161. The second kappa shape index (κ2) is 11.3. The molecule has 2 aliphatic carbocycles. The zero-order valence-electron chi connectivity index (χ0n) is 19.0. The van der Waals surface area contributed by atoms with Crippen molar-refractivity contribution in [2.75, 3.05) is 19.6 Å². The molecular weight excluding hydrogens is 378 g/mol. The fraction of sp³-hybridized carbons (Fsp3) is 0.667. The molecule has 3 unspecified atom stereocenters. The summed E-state index contributed by atoms with van der Waals surface area (Å²) in [6, 6.07) is 0.296. The van der Waals surface area contributed by atoms with E-state index in [4.69, 9.17) is 10.5 Å². The first-order valence-electron chi connectivity index (χ1n) is 11.2. The van der Waals surface area contributed by atoms with Gasteiger partial charge in [-0.2, -0.15) is 0 Å². The number of nitrogens with two attached hydrogens (primary N) is 1. The molecule has 0 aliphatic heterocycles. The van der Waals surface area contributed by atoms with Gasteiger partial charge in [-0.05, 0) is 43.6 Å². The fourth-order valence-corrected chi connectivity index (χ4v) is 4.08. The zero-order valence-corrected chi connectivity index (χ0v) is 19.0. The Kier molecular flexibility index (Phi) is 9.15. The van der Waals surface area contributed by atoms with Gasteiger partial charge in [-0.3, -0.25) is 4.79 Å². The Bertz CT molecular complexity index is 676. The van der Waals surface area contributed by atoms with Crippen LogP contribution >= 0.6 is 0 Å². The molecule has 0 radical (unpaired) electrons. The Morgan fingerprint density at radius 3 is 2.60 bits per heavy atom. The molecule has 6 nitrogen and oxygen atoms in total. The Labute approximate surface area is 181 Å². The largest absolute Gasteiger partial charge is 0.446 e. The lowest BCUT2D eigenvalue weighted by atomic mass is 9.83. The van der Waals surface area contributed by atoms with Gasteiger partial charge in [0, 0.05) is 31.6 Å². The molecule has 6 heteroatoms. The summed E-state index contributed by atoms with van der Waals surface area (Å²) in [6.07, 6.45) is 13.5. The van der Waals surface area contributed by atoms with E-state index in [0.29, 0.717) is 19.1 Å². The quantitative estimate of drug-likeness (QED) is 0.557. The van der Waals surface area contributed by atoms with Crippen LogP contribution in [0.3, 0.4) is 0 Å². The molecular formula is C24H39N3O3. The van der Waals surface area contributed by atoms with E-state index >= 15 is 0 Å². The molecule has 30 heavy (non-hydrogen) atoms. The molecule has 0 saturated heterocycles. The topological polar surface area (TPSA) is 84.7 Å². The van der Waals surface area contributed by atoms with E-state index in [1.165, 1.54) is 5.57 Å². The maximum absolute atomic E-state index is 12.9. The molecule has 168 valence electrons. The predicted octanol–water partition coefficient (Wildman–Crippen LogP) is 3.94. The average Bonchev–Trinajstić information content (AvgIpc) is 2.70. The van der Waals surface area contributed by atoms with Gasteiger partial charge >= 0.3 is 6.09 Å². The molecule has 0 spiro atoms. The minimum atomic E-state index is -0.807. The fourth-order valence-electron chi connectivity index (χ4n) is 4.08. The maximum Gasteiger partial charge on any atom is 0.404 e. The third-order valence-electron chi connectivity index (χ3n) is 5.97. The van der Waals surface area contributed by atoms with Crippen LogP contribution in [0.1, 0.15) is 59.8 Å². The van der Waals surface area contributed by atoms with Gasteiger partial charge < -0.3 is 20.7 Å². The van der Waals surface area contributed by atoms with Gasteiger partial charge in [0.15, 0.2) is 0 Å². The van der Waals surface area contributed by atoms with Crippen LogP contribution in [0.5, 0.6) is 0 Å². The number of likely N-dealkylation sites (N-methyl/N-ethyl adjacent to an activating group) is 1. The number of ether oxygens (including phenoxy) is 1. The van der Waals surface area contributed by atoms with Crippen molar-refractivity contribution in [1.82, 2.24) is 10.2 Å². The van der Waals surface area contributed by atoms with E-state index in [-0.39, 0.29) is 23.7 Å². The van der Waals surface area contributed by atoms with Crippen LogP contribution in [0.2, 0.25) is 0 Å². The van der Waals surface area contributed by atoms with Crippen LogP contribution < -0.4 is 11.1 Å². The first-order chi connectivity index (χ1) is 14.2. The molecule has 0 aromatic heterocycles. The third kappa shape index (κ3) is 7.63. The first-order valence-corrected chi connectivity index (χ1v) is 11.2. The predicted molar refractivity (Wildman–Crippen MR) is 121 cm³/mol. The Morgan fingerprint density at radius 1 is 1.30 bits per heavy atom. The summed E-state index contributed by atoms with van der Waals surface area (Å²) in [4.78, 5) is 26.0. The van der Waals surface area contributed by atoms with Gasteiger partial charge in [0.05, 0.1) is 6.42 Å². The number of allylic oxidation sites excluding steroid dienone is 4. The van der Waals surface area contributed by atoms with Crippen molar-refractivity contribution in [2.24, 2.45) is 17.1 Å². The van der Waals surface area contributed by atoms with Crippen molar-refractivity contribution in [3.05, 3.63) is 36.0 Å². The number of primary amides is 1. The van der Waals surface area contributed by atoms with Crippen LogP contribution in [-0.2, 0) is 9.53 Å². The molecule has 3 atom stereocenters. The van der Waals surface area contributed by atoms with Crippen molar-refractivity contribution < 1.29 is 14.3 Å². The Balaban J connectivity index is 1.82. The molecule has 0 aromatic carbocycles. The standard InChI is InChI=1S/C24H39N3O3/c1-5-27(16-15-26-20-13-11-19(12-14-20)24(2,3)4)22(28)17-21(30-23(25)29)18-9-7-6-8-10-18/h6-7,11-13,18,20-21,26H,5,8-10,14-17H2,1-4H3,(H2,25,29). The average molecular weight is 418 g/mol. The lowest BCUT2D eigenvalue weighted by Gasteiger charge is -2.30. The maximum atomic E-state index is 12.9. The van der Waals surface area contributed by atoms with E-state index in [1.807, 2.05) is 11.8 Å². The normalized spacial score (nSPS) is 22.3. The first kappa shape index (κ1) is 24.2. The van der Waals surface area contributed by atoms with E-state index < -0.39 is 12.2 Å².